The lowest BCUT2D eigenvalue weighted by Crippen LogP contribution is -1.99. The zero-order valence-corrected chi connectivity index (χ0v) is 17.0. The van der Waals surface area contributed by atoms with Crippen LogP contribution in [0, 0.1) is 10.1 Å². The molecule has 1 aromatic carbocycles. The Hall–Kier alpha value is -4.65. The van der Waals surface area contributed by atoms with Crippen LogP contribution in [-0.2, 0) is 0 Å². The minimum atomic E-state index is -0.456. The Morgan fingerprint density at radius 3 is 2.22 bits per heavy atom. The molecule has 0 saturated carbocycles. The quantitative estimate of drug-likeness (QED) is 0.296. The predicted molar refractivity (Wildman–Crippen MR) is 127 cm³/mol. The maximum atomic E-state index is 11.2. The molecule has 0 radical (unpaired) electrons. The van der Waals surface area contributed by atoms with Gasteiger partial charge in [-0.2, -0.15) is 0 Å². The van der Waals surface area contributed by atoms with Gasteiger partial charge in [-0.25, -0.2) is 4.98 Å². The van der Waals surface area contributed by atoms with E-state index >= 15 is 0 Å². The van der Waals surface area contributed by atoms with E-state index in [-0.39, 0.29) is 11.5 Å². The van der Waals surface area contributed by atoms with Crippen LogP contribution in [0.3, 0.4) is 0 Å². The van der Waals surface area contributed by atoms with Crippen LogP contribution < -0.4 is 5.32 Å². The van der Waals surface area contributed by atoms with Gasteiger partial charge in [0.05, 0.1) is 4.92 Å². The predicted octanol–water partition coefficient (Wildman–Crippen LogP) is 5.86. The molecule has 0 bridgehead atoms. The summed E-state index contributed by atoms with van der Waals surface area (Å²) in [7, 11) is 0. The molecular formula is C25H19N5O2. The normalized spacial score (nSPS) is 11.1. The molecule has 0 aliphatic rings. The summed E-state index contributed by atoms with van der Waals surface area (Å²) >= 11 is 0. The highest BCUT2D eigenvalue weighted by Crippen LogP contribution is 2.25. The SMILES string of the molecule is O=[N+]([O-])c1cccnc1Nc1cccc(C=Cc2cncc(/C=C/c3ccncc3)c2)c1. The lowest BCUT2D eigenvalue weighted by atomic mass is 10.1. The van der Waals surface area contributed by atoms with E-state index in [1.54, 1.807) is 24.8 Å². The fourth-order valence-electron chi connectivity index (χ4n) is 3.02. The molecule has 3 heterocycles. The fourth-order valence-corrected chi connectivity index (χ4v) is 3.02. The molecule has 7 nitrogen and oxygen atoms in total. The molecule has 0 fully saturated rings. The molecular weight excluding hydrogens is 402 g/mol. The van der Waals surface area contributed by atoms with Crippen molar-refractivity contribution in [2.75, 3.05) is 5.32 Å². The highest BCUT2D eigenvalue weighted by atomic mass is 16.6. The number of nitro groups is 1. The van der Waals surface area contributed by atoms with Gasteiger partial charge < -0.3 is 5.32 Å². The minimum Gasteiger partial charge on any atom is -0.334 e. The number of anilines is 2. The molecule has 3 aromatic heterocycles. The van der Waals surface area contributed by atoms with Crippen LogP contribution in [0.5, 0.6) is 0 Å². The molecule has 4 aromatic rings. The van der Waals surface area contributed by atoms with Crippen molar-refractivity contribution in [3.8, 4) is 0 Å². The molecule has 1 N–H and O–H groups in total. The number of nitrogens with zero attached hydrogens (tertiary/aromatic N) is 4. The molecule has 0 spiro atoms. The number of aromatic nitrogens is 3. The van der Waals surface area contributed by atoms with Gasteiger partial charge in [0.15, 0.2) is 0 Å². The lowest BCUT2D eigenvalue weighted by Gasteiger charge is -2.06. The number of pyridine rings is 3. The van der Waals surface area contributed by atoms with E-state index in [1.165, 1.54) is 18.3 Å². The van der Waals surface area contributed by atoms with Crippen molar-refractivity contribution < 1.29 is 4.92 Å². The summed E-state index contributed by atoms with van der Waals surface area (Å²) in [6.07, 6.45) is 16.6. The summed E-state index contributed by atoms with van der Waals surface area (Å²) in [6, 6.07) is 16.4. The van der Waals surface area contributed by atoms with E-state index in [0.29, 0.717) is 5.69 Å². The first-order chi connectivity index (χ1) is 15.7. The Kier molecular flexibility index (Phi) is 6.38. The second-order valence-electron chi connectivity index (χ2n) is 6.88. The molecule has 7 heteroatoms. The summed E-state index contributed by atoms with van der Waals surface area (Å²) in [5, 5.41) is 14.2. The molecule has 4 rings (SSSR count). The Balaban J connectivity index is 1.49. The van der Waals surface area contributed by atoms with Crippen molar-refractivity contribution >= 4 is 41.5 Å². The van der Waals surface area contributed by atoms with Crippen LogP contribution in [0.2, 0.25) is 0 Å². The zero-order valence-electron chi connectivity index (χ0n) is 17.0. The number of benzene rings is 1. The van der Waals surface area contributed by atoms with Crippen molar-refractivity contribution in [3.63, 3.8) is 0 Å². The number of nitrogens with one attached hydrogen (secondary N) is 1. The summed E-state index contributed by atoms with van der Waals surface area (Å²) in [4.78, 5) is 23.1. The fraction of sp³-hybridized carbons (Fsp3) is 0. The Morgan fingerprint density at radius 2 is 1.47 bits per heavy atom. The van der Waals surface area contributed by atoms with Gasteiger partial charge in [0.25, 0.3) is 0 Å². The molecule has 0 saturated heterocycles. The first-order valence-electron chi connectivity index (χ1n) is 9.85. The largest absolute Gasteiger partial charge is 0.334 e. The van der Waals surface area contributed by atoms with Gasteiger partial charge in [-0.15, -0.1) is 0 Å². The third-order valence-electron chi connectivity index (χ3n) is 4.56. The number of rotatable bonds is 7. The summed E-state index contributed by atoms with van der Waals surface area (Å²) in [5.41, 5.74) is 4.59. The van der Waals surface area contributed by atoms with Crippen LogP contribution in [0.4, 0.5) is 17.2 Å². The molecule has 0 aliphatic heterocycles. The van der Waals surface area contributed by atoms with Crippen molar-refractivity contribution in [2.45, 2.75) is 0 Å². The second-order valence-corrected chi connectivity index (χ2v) is 6.88. The first-order valence-corrected chi connectivity index (χ1v) is 9.85. The molecule has 0 atom stereocenters. The lowest BCUT2D eigenvalue weighted by molar-refractivity contribution is -0.384. The smallest absolute Gasteiger partial charge is 0.311 e. The molecule has 156 valence electrons. The van der Waals surface area contributed by atoms with E-state index in [2.05, 4.69) is 20.3 Å². The van der Waals surface area contributed by atoms with Gasteiger partial charge in [0, 0.05) is 42.7 Å². The average molecular weight is 421 g/mol. The van der Waals surface area contributed by atoms with Crippen molar-refractivity contribution in [1.29, 1.82) is 0 Å². The molecule has 0 amide bonds. The van der Waals surface area contributed by atoms with E-state index in [4.69, 9.17) is 0 Å². The highest BCUT2D eigenvalue weighted by Gasteiger charge is 2.13. The third kappa shape index (κ3) is 5.48. The zero-order chi connectivity index (χ0) is 22.2. The van der Waals surface area contributed by atoms with Crippen LogP contribution in [-0.4, -0.2) is 19.9 Å². The van der Waals surface area contributed by atoms with Crippen LogP contribution >= 0.6 is 0 Å². The number of hydrogen-bond donors (Lipinski definition) is 1. The van der Waals surface area contributed by atoms with Crippen molar-refractivity contribution in [2.24, 2.45) is 0 Å². The van der Waals surface area contributed by atoms with Crippen molar-refractivity contribution in [3.05, 3.63) is 118 Å². The van der Waals surface area contributed by atoms with Crippen molar-refractivity contribution in [1.82, 2.24) is 15.0 Å². The standard InChI is InChI=1S/C25H19N5O2/c31-30(32)24-5-2-12-28-25(24)29-23-4-1-3-20(16-23)7-9-22-15-21(17-27-18-22)8-6-19-10-13-26-14-11-19/h1-18H,(H,28,29)/b8-6+,9-7?. The van der Waals surface area contributed by atoms with E-state index in [0.717, 1.165) is 22.3 Å². The molecule has 32 heavy (non-hydrogen) atoms. The van der Waals surface area contributed by atoms with Gasteiger partial charge in [0.2, 0.25) is 5.82 Å². The van der Waals surface area contributed by atoms with Gasteiger partial charge in [-0.3, -0.25) is 20.1 Å². The Bertz CT molecular complexity index is 1290. The summed E-state index contributed by atoms with van der Waals surface area (Å²) < 4.78 is 0. The van der Waals surface area contributed by atoms with Crippen LogP contribution in [0.1, 0.15) is 22.3 Å². The van der Waals surface area contributed by atoms with Gasteiger partial charge in [0.1, 0.15) is 0 Å². The Morgan fingerprint density at radius 1 is 0.750 bits per heavy atom. The number of hydrogen-bond acceptors (Lipinski definition) is 6. The molecule has 0 unspecified atom stereocenters. The van der Waals surface area contributed by atoms with Crippen LogP contribution in [0.25, 0.3) is 24.3 Å². The molecule has 0 aliphatic carbocycles. The minimum absolute atomic E-state index is 0.0730. The topological polar surface area (TPSA) is 93.8 Å². The first kappa shape index (κ1) is 20.6. The monoisotopic (exact) mass is 421 g/mol. The average Bonchev–Trinajstić information content (AvgIpc) is 2.83. The van der Waals surface area contributed by atoms with E-state index in [1.807, 2.05) is 66.8 Å². The summed E-state index contributed by atoms with van der Waals surface area (Å²) in [5.74, 6) is 0.205. The van der Waals surface area contributed by atoms with Crippen LogP contribution in [0.15, 0.2) is 85.6 Å². The van der Waals surface area contributed by atoms with Gasteiger partial charge in [-0.1, -0.05) is 36.4 Å². The Labute approximate surface area is 185 Å². The third-order valence-corrected chi connectivity index (χ3v) is 4.56. The summed E-state index contributed by atoms with van der Waals surface area (Å²) in [6.45, 7) is 0. The van der Waals surface area contributed by atoms with Gasteiger partial charge >= 0.3 is 5.69 Å². The highest BCUT2D eigenvalue weighted by molar-refractivity contribution is 5.75. The second kappa shape index (κ2) is 9.90. The maximum Gasteiger partial charge on any atom is 0.311 e. The van der Waals surface area contributed by atoms with Gasteiger partial charge in [-0.05, 0) is 58.7 Å². The maximum absolute atomic E-state index is 11.2. The van der Waals surface area contributed by atoms with E-state index in [9.17, 15) is 10.1 Å². The van der Waals surface area contributed by atoms with E-state index < -0.39 is 4.92 Å².